The first-order valence-corrected chi connectivity index (χ1v) is 14.6. The van der Waals surface area contributed by atoms with E-state index in [2.05, 4.69) is 29.6 Å². The number of hydrogen-bond donors (Lipinski definition) is 1. The molecule has 2 aliphatic rings. The molecule has 3 aromatic carbocycles. The van der Waals surface area contributed by atoms with E-state index in [1.165, 1.54) is 0 Å². The highest BCUT2D eigenvalue weighted by Crippen LogP contribution is 2.44. The zero-order valence-electron chi connectivity index (χ0n) is 24.5. The highest BCUT2D eigenvalue weighted by atomic mass is 16.6. The van der Waals surface area contributed by atoms with Crippen LogP contribution in [0.25, 0.3) is 11.1 Å². The second-order valence-corrected chi connectivity index (χ2v) is 11.8. The fourth-order valence-corrected chi connectivity index (χ4v) is 5.77. The van der Waals surface area contributed by atoms with Crippen molar-refractivity contribution in [2.24, 2.45) is 0 Å². The average molecular weight is 570 g/mol. The van der Waals surface area contributed by atoms with Crippen LogP contribution in [0.15, 0.2) is 78.9 Å². The van der Waals surface area contributed by atoms with Crippen molar-refractivity contribution >= 4 is 18.1 Å². The van der Waals surface area contributed by atoms with E-state index in [-0.39, 0.29) is 18.4 Å². The minimum Gasteiger partial charge on any atom is -0.448 e. The Morgan fingerprint density at radius 1 is 0.881 bits per heavy atom. The van der Waals surface area contributed by atoms with Gasteiger partial charge in [0.05, 0.1) is 0 Å². The predicted octanol–water partition coefficient (Wildman–Crippen LogP) is 5.95. The normalized spacial score (nSPS) is 16.5. The lowest BCUT2D eigenvalue weighted by Crippen LogP contribution is -2.58. The Balaban J connectivity index is 1.26. The van der Waals surface area contributed by atoms with E-state index in [1.54, 1.807) is 30.6 Å². The van der Waals surface area contributed by atoms with Gasteiger partial charge >= 0.3 is 12.2 Å². The van der Waals surface area contributed by atoms with Gasteiger partial charge in [-0.2, -0.15) is 0 Å². The average Bonchev–Trinajstić information content (AvgIpc) is 3.29. The third-order valence-corrected chi connectivity index (χ3v) is 7.69. The summed E-state index contributed by atoms with van der Waals surface area (Å²) in [6.45, 7) is 7.21. The molecule has 1 atom stereocenters. The maximum Gasteiger partial charge on any atom is 0.410 e. The zero-order chi connectivity index (χ0) is 29.7. The van der Waals surface area contributed by atoms with Crippen LogP contribution in [0.5, 0.6) is 0 Å². The number of benzene rings is 3. The van der Waals surface area contributed by atoms with Crippen molar-refractivity contribution in [3.05, 3.63) is 95.6 Å². The quantitative estimate of drug-likeness (QED) is 0.339. The van der Waals surface area contributed by atoms with E-state index in [1.807, 2.05) is 54.6 Å². The molecular formula is C34H39N3O5. The van der Waals surface area contributed by atoms with Crippen LogP contribution in [0, 0.1) is 0 Å². The molecule has 0 aromatic heterocycles. The van der Waals surface area contributed by atoms with E-state index in [4.69, 9.17) is 9.47 Å². The lowest BCUT2D eigenvalue weighted by molar-refractivity contribution is -0.141. The van der Waals surface area contributed by atoms with E-state index < -0.39 is 23.8 Å². The molecule has 0 spiro atoms. The molecule has 220 valence electrons. The zero-order valence-corrected chi connectivity index (χ0v) is 24.5. The van der Waals surface area contributed by atoms with Gasteiger partial charge in [0.1, 0.15) is 18.2 Å². The molecule has 1 N–H and O–H groups in total. The maximum absolute atomic E-state index is 13.7. The first-order chi connectivity index (χ1) is 20.2. The van der Waals surface area contributed by atoms with Gasteiger partial charge in [-0.1, -0.05) is 78.9 Å². The summed E-state index contributed by atoms with van der Waals surface area (Å²) in [4.78, 5) is 42.7. The number of ether oxygens (including phenoxy) is 2. The van der Waals surface area contributed by atoms with Crippen molar-refractivity contribution in [2.45, 2.75) is 57.7 Å². The third-order valence-electron chi connectivity index (χ3n) is 7.69. The molecule has 1 saturated heterocycles. The van der Waals surface area contributed by atoms with Gasteiger partial charge in [0.2, 0.25) is 5.91 Å². The first kappa shape index (κ1) is 29.2. The molecule has 0 radical (unpaired) electrons. The van der Waals surface area contributed by atoms with Gasteiger partial charge in [0, 0.05) is 32.1 Å². The fourth-order valence-electron chi connectivity index (χ4n) is 5.77. The van der Waals surface area contributed by atoms with Crippen LogP contribution in [0.1, 0.15) is 56.2 Å². The summed E-state index contributed by atoms with van der Waals surface area (Å²) in [6.07, 6.45) is -0.0993. The predicted molar refractivity (Wildman–Crippen MR) is 161 cm³/mol. The molecule has 1 aliphatic carbocycles. The largest absolute Gasteiger partial charge is 0.448 e. The Morgan fingerprint density at radius 3 is 2.14 bits per heavy atom. The number of fused-ring (bicyclic) bond motifs is 3. The number of nitrogens with zero attached hydrogens (tertiary/aromatic N) is 2. The molecule has 1 heterocycles. The standard InChI is InChI=1S/C34H39N3O5/c1-34(2,3)42-32(39)35-19-11-18-30-31(38)36(22-24-12-5-4-6-13-24)20-21-37(30)33(40)41-23-29-27-16-9-7-14-25(27)26-15-8-10-17-28(26)29/h4-10,12-17,29-30H,11,18-23H2,1-3H3,(H,35,39). The van der Waals surface area contributed by atoms with Crippen molar-refractivity contribution in [3.63, 3.8) is 0 Å². The summed E-state index contributed by atoms with van der Waals surface area (Å²) in [6, 6.07) is 25.6. The van der Waals surface area contributed by atoms with Gasteiger partial charge in [0.25, 0.3) is 0 Å². The van der Waals surface area contributed by atoms with Crippen LogP contribution < -0.4 is 5.32 Å². The molecule has 1 aliphatic heterocycles. The molecule has 8 heteroatoms. The van der Waals surface area contributed by atoms with Crippen LogP contribution in [-0.2, 0) is 20.8 Å². The smallest absolute Gasteiger partial charge is 0.410 e. The molecule has 42 heavy (non-hydrogen) atoms. The Bertz CT molecular complexity index is 1370. The van der Waals surface area contributed by atoms with Gasteiger partial charge < -0.3 is 19.7 Å². The molecule has 1 unspecified atom stereocenters. The Hall–Kier alpha value is -4.33. The second kappa shape index (κ2) is 12.7. The summed E-state index contributed by atoms with van der Waals surface area (Å²) >= 11 is 0. The summed E-state index contributed by atoms with van der Waals surface area (Å²) < 4.78 is 11.3. The topological polar surface area (TPSA) is 88.2 Å². The minimum atomic E-state index is -0.682. The molecule has 0 bridgehead atoms. The van der Waals surface area contributed by atoms with Crippen molar-refractivity contribution in [1.29, 1.82) is 0 Å². The van der Waals surface area contributed by atoms with Gasteiger partial charge in [-0.15, -0.1) is 0 Å². The monoisotopic (exact) mass is 569 g/mol. The number of piperazine rings is 1. The van der Waals surface area contributed by atoms with E-state index in [0.717, 1.165) is 27.8 Å². The molecule has 5 rings (SSSR count). The van der Waals surface area contributed by atoms with E-state index >= 15 is 0 Å². The summed E-state index contributed by atoms with van der Waals surface area (Å²) in [5.74, 6) is -0.177. The Kier molecular flexibility index (Phi) is 8.80. The number of hydrogen-bond acceptors (Lipinski definition) is 5. The number of rotatable bonds is 8. The summed E-state index contributed by atoms with van der Waals surface area (Å²) in [5.41, 5.74) is 5.04. The first-order valence-electron chi connectivity index (χ1n) is 14.6. The van der Waals surface area contributed by atoms with Gasteiger partial charge in [-0.25, -0.2) is 9.59 Å². The highest BCUT2D eigenvalue weighted by Gasteiger charge is 2.38. The van der Waals surface area contributed by atoms with Crippen LogP contribution in [-0.4, -0.2) is 65.8 Å². The van der Waals surface area contributed by atoms with Crippen molar-refractivity contribution < 1.29 is 23.9 Å². The van der Waals surface area contributed by atoms with Crippen LogP contribution in [0.2, 0.25) is 0 Å². The van der Waals surface area contributed by atoms with Crippen molar-refractivity contribution in [3.8, 4) is 11.1 Å². The SMILES string of the molecule is CC(C)(C)OC(=O)NCCCC1C(=O)N(Cc2ccccc2)CCN1C(=O)OCC1c2ccccc2-c2ccccc21. The van der Waals surface area contributed by atoms with Crippen molar-refractivity contribution in [1.82, 2.24) is 15.1 Å². The van der Waals surface area contributed by atoms with E-state index in [0.29, 0.717) is 39.0 Å². The third kappa shape index (κ3) is 6.75. The van der Waals surface area contributed by atoms with Gasteiger partial charge in [-0.05, 0) is 61.4 Å². The van der Waals surface area contributed by atoms with Crippen LogP contribution in [0.4, 0.5) is 9.59 Å². The number of nitrogens with one attached hydrogen (secondary N) is 1. The number of amides is 3. The molecular weight excluding hydrogens is 530 g/mol. The molecule has 0 saturated carbocycles. The van der Waals surface area contributed by atoms with E-state index in [9.17, 15) is 14.4 Å². The highest BCUT2D eigenvalue weighted by molar-refractivity contribution is 5.87. The summed E-state index contributed by atoms with van der Waals surface area (Å²) in [7, 11) is 0. The van der Waals surface area contributed by atoms with Gasteiger partial charge in [0.15, 0.2) is 0 Å². The second-order valence-electron chi connectivity index (χ2n) is 11.8. The number of carbonyl (C=O) groups is 3. The van der Waals surface area contributed by atoms with Gasteiger partial charge in [-0.3, -0.25) is 9.69 Å². The Labute approximate surface area is 247 Å². The Morgan fingerprint density at radius 2 is 1.50 bits per heavy atom. The number of carbonyl (C=O) groups excluding carboxylic acids is 3. The molecule has 8 nitrogen and oxygen atoms in total. The summed E-state index contributed by atoms with van der Waals surface area (Å²) in [5, 5.41) is 2.75. The van der Waals surface area contributed by atoms with Crippen molar-refractivity contribution in [2.75, 3.05) is 26.2 Å². The minimum absolute atomic E-state index is 0.0621. The lowest BCUT2D eigenvalue weighted by atomic mass is 9.98. The van der Waals surface area contributed by atoms with Crippen LogP contribution in [0.3, 0.4) is 0 Å². The molecule has 3 amide bonds. The molecule has 1 fully saturated rings. The fraction of sp³-hybridized carbons (Fsp3) is 0.382. The molecule has 3 aromatic rings. The van der Waals surface area contributed by atoms with Crippen LogP contribution >= 0.6 is 0 Å². The lowest BCUT2D eigenvalue weighted by Gasteiger charge is -2.40. The number of alkyl carbamates (subject to hydrolysis) is 1. The maximum atomic E-state index is 13.7.